The standard InChI is InChI=1S/C9H7F13O3S.C5H5N/c10-4(11,2-1-3-5(12,13)14)6(15,16)7(17,18)8(19,20)9(21,22)26(23,24)25;1-2-4-6-5-3-1/h1-3H2,(H,23,24,25);1-5H. The Bertz CT molecular complexity index is 799. The van der Waals surface area contributed by atoms with Crippen LogP contribution in [0.2, 0.25) is 0 Å². The van der Waals surface area contributed by atoms with Crippen LogP contribution in [0.15, 0.2) is 30.6 Å². The molecular formula is C14H12F13NO3S. The Balaban J connectivity index is 0.00000136. The van der Waals surface area contributed by atoms with E-state index in [1.165, 1.54) is 0 Å². The normalized spacial score (nSPS) is 14.6. The minimum absolute atomic E-state index is 1.75. The first-order chi connectivity index (χ1) is 14.0. The Morgan fingerprint density at radius 1 is 0.656 bits per heavy atom. The Morgan fingerprint density at radius 3 is 1.38 bits per heavy atom. The zero-order valence-electron chi connectivity index (χ0n) is 15.0. The third-order valence-electron chi connectivity index (χ3n) is 3.46. The quantitative estimate of drug-likeness (QED) is 0.346. The minimum atomic E-state index is -7.79. The lowest BCUT2D eigenvalue weighted by atomic mass is 9.95. The van der Waals surface area contributed by atoms with Gasteiger partial charge in [0.2, 0.25) is 0 Å². The number of hydrogen-bond acceptors (Lipinski definition) is 3. The van der Waals surface area contributed by atoms with Gasteiger partial charge in [0.1, 0.15) is 0 Å². The van der Waals surface area contributed by atoms with E-state index in [0.29, 0.717) is 0 Å². The van der Waals surface area contributed by atoms with Crippen LogP contribution < -0.4 is 0 Å². The zero-order chi connectivity index (χ0) is 25.9. The molecule has 0 radical (unpaired) electrons. The molecule has 4 nitrogen and oxygen atoms in total. The smallest absolute Gasteiger partial charge is 0.281 e. The molecule has 1 rings (SSSR count). The van der Waals surface area contributed by atoms with Crippen LogP contribution in [0, 0.1) is 0 Å². The van der Waals surface area contributed by atoms with Gasteiger partial charge in [0.25, 0.3) is 0 Å². The summed E-state index contributed by atoms with van der Waals surface area (Å²) >= 11 is 0. The maximum absolute atomic E-state index is 13.1. The van der Waals surface area contributed by atoms with Crippen molar-refractivity contribution in [3.63, 3.8) is 0 Å². The van der Waals surface area contributed by atoms with Crippen molar-refractivity contribution >= 4 is 10.1 Å². The molecule has 0 aliphatic carbocycles. The van der Waals surface area contributed by atoms with Gasteiger partial charge in [0, 0.05) is 25.2 Å². The van der Waals surface area contributed by atoms with Crippen molar-refractivity contribution in [3.05, 3.63) is 30.6 Å². The molecule has 0 atom stereocenters. The predicted octanol–water partition coefficient (Wildman–Crippen LogP) is 5.82. The summed E-state index contributed by atoms with van der Waals surface area (Å²) in [5, 5.41) is -7.32. The number of alkyl halides is 13. The minimum Gasteiger partial charge on any atom is -0.281 e. The maximum atomic E-state index is 13.1. The highest BCUT2D eigenvalue weighted by molar-refractivity contribution is 7.87. The highest BCUT2D eigenvalue weighted by atomic mass is 32.2. The van der Waals surface area contributed by atoms with Gasteiger partial charge in [-0.05, 0) is 18.6 Å². The van der Waals surface area contributed by atoms with Crippen molar-refractivity contribution in [2.45, 2.75) is 54.4 Å². The lowest BCUT2D eigenvalue weighted by Crippen LogP contribution is -2.68. The fraction of sp³-hybridized carbons (Fsp3) is 0.643. The van der Waals surface area contributed by atoms with Crippen molar-refractivity contribution in [1.29, 1.82) is 0 Å². The van der Waals surface area contributed by atoms with Crippen LogP contribution in [-0.4, -0.2) is 53.1 Å². The van der Waals surface area contributed by atoms with Crippen molar-refractivity contribution < 1.29 is 70.0 Å². The first-order valence-corrected chi connectivity index (χ1v) is 9.17. The molecule has 1 heterocycles. The van der Waals surface area contributed by atoms with Crippen molar-refractivity contribution in [2.75, 3.05) is 0 Å². The fourth-order valence-electron chi connectivity index (χ4n) is 1.75. The molecule has 0 saturated carbocycles. The SMILES string of the molecule is O=S(=O)(O)C(F)(F)C(F)(F)C(F)(F)C(F)(F)C(F)(F)CCCC(F)(F)F.c1ccncc1. The zero-order valence-corrected chi connectivity index (χ0v) is 15.9. The number of rotatable bonds is 8. The Hall–Kier alpha value is -1.85. The Labute approximate surface area is 171 Å². The second-order valence-electron chi connectivity index (χ2n) is 5.91. The highest BCUT2D eigenvalue weighted by Crippen LogP contribution is 2.58. The number of pyridine rings is 1. The van der Waals surface area contributed by atoms with Gasteiger partial charge in [-0.1, -0.05) is 6.07 Å². The van der Waals surface area contributed by atoms with Crippen LogP contribution in [0.1, 0.15) is 19.3 Å². The van der Waals surface area contributed by atoms with Crippen LogP contribution in [0.25, 0.3) is 0 Å². The summed E-state index contributed by atoms with van der Waals surface area (Å²) < 4.78 is 193. The topological polar surface area (TPSA) is 67.3 Å². The molecule has 0 unspecified atom stereocenters. The molecule has 0 aromatic carbocycles. The predicted molar refractivity (Wildman–Crippen MR) is 80.4 cm³/mol. The average molecular weight is 521 g/mol. The van der Waals surface area contributed by atoms with E-state index in [-0.39, 0.29) is 0 Å². The monoisotopic (exact) mass is 521 g/mol. The summed E-state index contributed by atoms with van der Waals surface area (Å²) in [5.74, 6) is -29.3. The Morgan fingerprint density at radius 2 is 1.09 bits per heavy atom. The van der Waals surface area contributed by atoms with E-state index in [1.807, 2.05) is 18.2 Å². The van der Waals surface area contributed by atoms with Crippen molar-refractivity contribution in [2.24, 2.45) is 0 Å². The fourth-order valence-corrected chi connectivity index (χ4v) is 2.20. The summed E-state index contributed by atoms with van der Waals surface area (Å²) in [6.45, 7) is 0. The molecule has 0 saturated heterocycles. The van der Waals surface area contributed by atoms with Crippen molar-refractivity contribution in [3.8, 4) is 0 Å². The van der Waals surface area contributed by atoms with E-state index < -0.39 is 64.5 Å². The molecule has 0 bridgehead atoms. The summed E-state index contributed by atoms with van der Waals surface area (Å²) in [6.07, 6.45) is -8.68. The second kappa shape index (κ2) is 9.56. The van der Waals surface area contributed by atoms with Gasteiger partial charge in [0.15, 0.2) is 0 Å². The van der Waals surface area contributed by atoms with Crippen LogP contribution in [0.5, 0.6) is 0 Å². The van der Waals surface area contributed by atoms with E-state index in [2.05, 4.69) is 4.98 Å². The van der Waals surface area contributed by atoms with Gasteiger partial charge in [-0.15, -0.1) is 0 Å². The van der Waals surface area contributed by atoms with E-state index in [1.54, 1.807) is 12.4 Å². The average Bonchev–Trinajstić information content (AvgIpc) is 2.60. The van der Waals surface area contributed by atoms with Crippen LogP contribution >= 0.6 is 0 Å². The first kappa shape index (κ1) is 30.1. The van der Waals surface area contributed by atoms with Crippen molar-refractivity contribution in [1.82, 2.24) is 4.98 Å². The maximum Gasteiger partial charge on any atom is 0.438 e. The highest BCUT2D eigenvalue weighted by Gasteiger charge is 2.88. The van der Waals surface area contributed by atoms with E-state index in [4.69, 9.17) is 4.55 Å². The molecule has 188 valence electrons. The summed E-state index contributed by atoms with van der Waals surface area (Å²) in [5.41, 5.74) is 0. The lowest BCUT2D eigenvalue weighted by molar-refractivity contribution is -0.390. The largest absolute Gasteiger partial charge is 0.438 e. The molecule has 0 aliphatic rings. The number of halogens is 13. The van der Waals surface area contributed by atoms with E-state index in [0.717, 1.165) is 0 Å². The van der Waals surface area contributed by atoms with Crippen LogP contribution in [0.4, 0.5) is 57.1 Å². The third-order valence-corrected chi connectivity index (χ3v) is 4.36. The molecule has 0 amide bonds. The summed E-state index contributed by atoms with van der Waals surface area (Å²) in [4.78, 5) is 3.78. The van der Waals surface area contributed by atoms with Gasteiger partial charge < -0.3 is 0 Å². The second-order valence-corrected chi connectivity index (χ2v) is 7.38. The molecule has 0 spiro atoms. The van der Waals surface area contributed by atoms with Crippen LogP contribution in [0.3, 0.4) is 0 Å². The van der Waals surface area contributed by atoms with Gasteiger partial charge in [-0.2, -0.15) is 65.5 Å². The number of nitrogens with zero attached hydrogens (tertiary/aromatic N) is 1. The molecule has 0 aliphatic heterocycles. The molecular weight excluding hydrogens is 509 g/mol. The molecule has 1 aromatic heterocycles. The number of aromatic nitrogens is 1. The first-order valence-electron chi connectivity index (χ1n) is 7.73. The third kappa shape index (κ3) is 6.35. The van der Waals surface area contributed by atoms with Gasteiger partial charge in [-0.3, -0.25) is 9.54 Å². The number of hydrogen-bond donors (Lipinski definition) is 1. The van der Waals surface area contributed by atoms with Crippen LogP contribution in [-0.2, 0) is 10.1 Å². The summed E-state index contributed by atoms with van der Waals surface area (Å²) in [6, 6.07) is 5.72. The van der Waals surface area contributed by atoms with Gasteiger partial charge >= 0.3 is 45.2 Å². The lowest BCUT2D eigenvalue weighted by Gasteiger charge is -2.38. The van der Waals surface area contributed by atoms with Gasteiger partial charge in [0.05, 0.1) is 0 Å². The molecule has 1 N–H and O–H groups in total. The Kier molecular flexibility index (Phi) is 9.01. The molecule has 1 aromatic rings. The van der Waals surface area contributed by atoms with E-state index >= 15 is 0 Å². The molecule has 32 heavy (non-hydrogen) atoms. The molecule has 18 heteroatoms. The van der Waals surface area contributed by atoms with Gasteiger partial charge in [-0.25, -0.2) is 0 Å². The van der Waals surface area contributed by atoms with E-state index in [9.17, 15) is 65.5 Å². The molecule has 0 fully saturated rings. The summed E-state index contributed by atoms with van der Waals surface area (Å²) in [7, 11) is -7.48.